The zero-order valence-corrected chi connectivity index (χ0v) is 10.6. The summed E-state index contributed by atoms with van der Waals surface area (Å²) in [5, 5.41) is 11.8. The number of hydrogen-bond acceptors (Lipinski definition) is 2. The minimum atomic E-state index is -0.502. The van der Waals surface area contributed by atoms with Gasteiger partial charge in [-0.3, -0.25) is 4.79 Å². The van der Waals surface area contributed by atoms with E-state index in [0.717, 1.165) is 6.07 Å². The maximum Gasteiger partial charge on any atom is 0.257 e. The fourth-order valence-corrected chi connectivity index (χ4v) is 1.90. The standard InChI is InChI=1S/C14H11ClFNO2/c15-12-7-10(16)5-6-11(12)14(19)17-13-4-2-1-3-9(13)8-18/h1-7,18H,8H2,(H,17,19). The van der Waals surface area contributed by atoms with Gasteiger partial charge in [0.2, 0.25) is 0 Å². The van der Waals surface area contributed by atoms with Crippen molar-refractivity contribution in [3.63, 3.8) is 0 Å². The first kappa shape index (κ1) is 13.5. The van der Waals surface area contributed by atoms with E-state index in [0.29, 0.717) is 11.3 Å². The van der Waals surface area contributed by atoms with Crippen LogP contribution in [-0.2, 0) is 6.61 Å². The molecule has 0 aliphatic carbocycles. The molecule has 0 atom stereocenters. The number of nitrogens with one attached hydrogen (secondary N) is 1. The van der Waals surface area contributed by atoms with Crippen LogP contribution in [-0.4, -0.2) is 11.0 Å². The second-order valence-corrected chi connectivity index (χ2v) is 4.30. The van der Waals surface area contributed by atoms with E-state index in [1.54, 1.807) is 24.3 Å². The third-order valence-electron chi connectivity index (χ3n) is 2.61. The van der Waals surface area contributed by atoms with Crippen LogP contribution in [0.1, 0.15) is 15.9 Å². The molecule has 3 nitrogen and oxygen atoms in total. The van der Waals surface area contributed by atoms with Gasteiger partial charge in [0.05, 0.1) is 17.2 Å². The van der Waals surface area contributed by atoms with Crippen molar-refractivity contribution in [2.75, 3.05) is 5.32 Å². The number of amides is 1. The van der Waals surface area contributed by atoms with E-state index in [2.05, 4.69) is 5.32 Å². The van der Waals surface area contributed by atoms with Gasteiger partial charge in [-0.25, -0.2) is 4.39 Å². The molecule has 2 aromatic carbocycles. The lowest BCUT2D eigenvalue weighted by molar-refractivity contribution is 0.102. The topological polar surface area (TPSA) is 49.3 Å². The number of anilines is 1. The lowest BCUT2D eigenvalue weighted by Gasteiger charge is -2.10. The maximum atomic E-state index is 12.9. The van der Waals surface area contributed by atoms with Crippen molar-refractivity contribution in [2.45, 2.75) is 6.61 Å². The molecule has 5 heteroatoms. The largest absolute Gasteiger partial charge is 0.392 e. The Morgan fingerprint density at radius 1 is 1.26 bits per heavy atom. The van der Waals surface area contributed by atoms with Gasteiger partial charge >= 0.3 is 0 Å². The van der Waals surface area contributed by atoms with Crippen LogP contribution in [0.25, 0.3) is 0 Å². The first-order valence-corrected chi connectivity index (χ1v) is 5.95. The molecule has 0 saturated carbocycles. The monoisotopic (exact) mass is 279 g/mol. The fourth-order valence-electron chi connectivity index (χ4n) is 1.64. The lowest BCUT2D eigenvalue weighted by atomic mass is 10.1. The summed E-state index contributed by atoms with van der Waals surface area (Å²) < 4.78 is 12.9. The molecule has 0 saturated heterocycles. The Kier molecular flexibility index (Phi) is 4.14. The van der Waals surface area contributed by atoms with Crippen LogP contribution >= 0.6 is 11.6 Å². The molecule has 0 fully saturated rings. The number of para-hydroxylation sites is 1. The van der Waals surface area contributed by atoms with E-state index in [1.165, 1.54) is 12.1 Å². The van der Waals surface area contributed by atoms with Crippen molar-refractivity contribution < 1.29 is 14.3 Å². The molecule has 19 heavy (non-hydrogen) atoms. The van der Waals surface area contributed by atoms with E-state index < -0.39 is 11.7 Å². The van der Waals surface area contributed by atoms with Crippen LogP contribution < -0.4 is 5.32 Å². The summed E-state index contributed by atoms with van der Waals surface area (Å²) in [5.41, 5.74) is 1.26. The van der Waals surface area contributed by atoms with Gasteiger partial charge in [0, 0.05) is 11.3 Å². The molecule has 0 bridgehead atoms. The molecule has 2 aromatic rings. The number of carbonyl (C=O) groups is 1. The SMILES string of the molecule is O=C(Nc1ccccc1CO)c1ccc(F)cc1Cl. The molecule has 0 heterocycles. The first-order chi connectivity index (χ1) is 9.11. The molecule has 0 radical (unpaired) electrons. The van der Waals surface area contributed by atoms with Crippen LogP contribution in [0.3, 0.4) is 0 Å². The molecule has 0 aliphatic heterocycles. The van der Waals surface area contributed by atoms with Crippen molar-refractivity contribution in [1.82, 2.24) is 0 Å². The van der Waals surface area contributed by atoms with Gasteiger partial charge in [0.1, 0.15) is 5.82 Å². The van der Waals surface area contributed by atoms with Crippen molar-refractivity contribution in [1.29, 1.82) is 0 Å². The Morgan fingerprint density at radius 2 is 2.00 bits per heavy atom. The average Bonchev–Trinajstić information content (AvgIpc) is 2.39. The third kappa shape index (κ3) is 3.10. The summed E-state index contributed by atoms with van der Waals surface area (Å²) >= 11 is 5.81. The Balaban J connectivity index is 2.26. The van der Waals surface area contributed by atoms with E-state index in [1.807, 2.05) is 0 Å². The predicted molar refractivity (Wildman–Crippen MR) is 71.7 cm³/mol. The third-order valence-corrected chi connectivity index (χ3v) is 2.92. The Hall–Kier alpha value is -1.91. The van der Waals surface area contributed by atoms with Gasteiger partial charge in [0.15, 0.2) is 0 Å². The molecule has 0 aromatic heterocycles. The minimum absolute atomic E-state index is 0.0407. The highest BCUT2D eigenvalue weighted by Crippen LogP contribution is 2.20. The minimum Gasteiger partial charge on any atom is -0.392 e. The van der Waals surface area contributed by atoms with Gasteiger partial charge in [0.25, 0.3) is 5.91 Å². The summed E-state index contributed by atoms with van der Waals surface area (Å²) in [6.45, 7) is -0.187. The maximum absolute atomic E-state index is 12.9. The summed E-state index contributed by atoms with van der Waals surface area (Å²) in [6.07, 6.45) is 0. The number of benzene rings is 2. The molecule has 0 spiro atoms. The van der Waals surface area contributed by atoms with Gasteiger partial charge in [-0.15, -0.1) is 0 Å². The number of halogens is 2. The van der Waals surface area contributed by atoms with E-state index in [-0.39, 0.29) is 17.2 Å². The first-order valence-electron chi connectivity index (χ1n) is 5.57. The van der Waals surface area contributed by atoms with Crippen LogP contribution in [0.15, 0.2) is 42.5 Å². The molecular formula is C14H11ClFNO2. The average molecular weight is 280 g/mol. The van der Waals surface area contributed by atoms with Gasteiger partial charge in [-0.05, 0) is 24.3 Å². The number of aliphatic hydroxyl groups excluding tert-OH is 1. The van der Waals surface area contributed by atoms with Crippen molar-refractivity contribution in [3.8, 4) is 0 Å². The van der Waals surface area contributed by atoms with Crippen molar-refractivity contribution in [3.05, 3.63) is 64.4 Å². The molecule has 98 valence electrons. The Bertz CT molecular complexity index is 616. The normalized spacial score (nSPS) is 10.3. The van der Waals surface area contributed by atoms with Crippen molar-refractivity contribution >= 4 is 23.2 Å². The molecule has 2 rings (SSSR count). The zero-order chi connectivity index (χ0) is 13.8. The highest BCUT2D eigenvalue weighted by molar-refractivity contribution is 6.34. The van der Waals surface area contributed by atoms with Gasteiger partial charge in [-0.2, -0.15) is 0 Å². The number of hydrogen-bond donors (Lipinski definition) is 2. The van der Waals surface area contributed by atoms with Crippen LogP contribution in [0.2, 0.25) is 5.02 Å². The molecular weight excluding hydrogens is 269 g/mol. The van der Waals surface area contributed by atoms with Crippen molar-refractivity contribution in [2.24, 2.45) is 0 Å². The number of rotatable bonds is 3. The molecule has 0 aliphatic rings. The summed E-state index contributed by atoms with van der Waals surface area (Å²) in [7, 11) is 0. The second-order valence-electron chi connectivity index (χ2n) is 3.89. The molecule has 0 unspecified atom stereocenters. The van der Waals surface area contributed by atoms with Gasteiger partial charge < -0.3 is 10.4 Å². The number of carbonyl (C=O) groups excluding carboxylic acids is 1. The molecule has 2 N–H and O–H groups in total. The van der Waals surface area contributed by atoms with Crippen LogP contribution in [0, 0.1) is 5.82 Å². The summed E-state index contributed by atoms with van der Waals surface area (Å²) in [5.74, 6) is -0.955. The van der Waals surface area contributed by atoms with E-state index >= 15 is 0 Å². The highest BCUT2D eigenvalue weighted by Gasteiger charge is 2.12. The number of aliphatic hydroxyl groups is 1. The van der Waals surface area contributed by atoms with E-state index in [4.69, 9.17) is 16.7 Å². The summed E-state index contributed by atoms with van der Waals surface area (Å²) in [4.78, 5) is 12.0. The molecule has 1 amide bonds. The summed E-state index contributed by atoms with van der Waals surface area (Å²) in [6, 6.07) is 10.4. The quantitative estimate of drug-likeness (QED) is 0.906. The fraction of sp³-hybridized carbons (Fsp3) is 0.0714. The zero-order valence-electron chi connectivity index (χ0n) is 9.86. The highest BCUT2D eigenvalue weighted by atomic mass is 35.5. The van der Waals surface area contributed by atoms with E-state index in [9.17, 15) is 9.18 Å². The Morgan fingerprint density at radius 3 is 2.68 bits per heavy atom. The Labute approximate surface area is 114 Å². The second kappa shape index (κ2) is 5.82. The lowest BCUT2D eigenvalue weighted by Crippen LogP contribution is -2.14. The van der Waals surface area contributed by atoms with Crippen LogP contribution in [0.4, 0.5) is 10.1 Å². The predicted octanol–water partition coefficient (Wildman–Crippen LogP) is 3.22. The van der Waals surface area contributed by atoms with Gasteiger partial charge in [-0.1, -0.05) is 29.8 Å². The smallest absolute Gasteiger partial charge is 0.257 e. The van der Waals surface area contributed by atoms with Crippen LogP contribution in [0.5, 0.6) is 0 Å².